The van der Waals surface area contributed by atoms with Crippen molar-refractivity contribution in [1.82, 2.24) is 15.2 Å². The van der Waals surface area contributed by atoms with E-state index in [1.165, 1.54) is 18.1 Å². The Bertz CT molecular complexity index is 710. The smallest absolute Gasteiger partial charge is 0.194 e. The van der Waals surface area contributed by atoms with E-state index in [0.717, 1.165) is 22.2 Å². The van der Waals surface area contributed by atoms with Crippen LogP contribution in [-0.2, 0) is 13.1 Å². The third kappa shape index (κ3) is 4.44. The number of benzene rings is 1. The van der Waals surface area contributed by atoms with Gasteiger partial charge in [0.15, 0.2) is 17.5 Å². The lowest BCUT2D eigenvalue weighted by Crippen LogP contribution is -2.38. The monoisotopic (exact) mass is 350 g/mol. The fraction of sp³-hybridized carbons (Fsp3) is 0.412. The largest absolute Gasteiger partial charge is 0.494 e. The Kier molecular flexibility index (Phi) is 6.14. The van der Waals surface area contributed by atoms with Gasteiger partial charge >= 0.3 is 0 Å². The van der Waals surface area contributed by atoms with Crippen LogP contribution in [0.15, 0.2) is 23.2 Å². The highest BCUT2D eigenvalue weighted by Crippen LogP contribution is 2.19. The molecule has 0 radical (unpaired) electrons. The van der Waals surface area contributed by atoms with Gasteiger partial charge in [-0.3, -0.25) is 4.99 Å². The molecule has 24 heavy (non-hydrogen) atoms. The van der Waals surface area contributed by atoms with Crippen molar-refractivity contribution >= 4 is 17.3 Å². The molecule has 1 aromatic carbocycles. The normalized spacial score (nSPS) is 11.5. The number of hydrogen-bond acceptors (Lipinski definition) is 4. The Morgan fingerprint density at radius 1 is 1.42 bits per heavy atom. The highest BCUT2D eigenvalue weighted by Gasteiger charge is 2.10. The van der Waals surface area contributed by atoms with E-state index in [9.17, 15) is 4.39 Å². The van der Waals surface area contributed by atoms with Crippen LogP contribution in [0.25, 0.3) is 0 Å². The van der Waals surface area contributed by atoms with E-state index in [-0.39, 0.29) is 11.6 Å². The topological polar surface area (TPSA) is 49.8 Å². The van der Waals surface area contributed by atoms with Crippen molar-refractivity contribution in [2.24, 2.45) is 4.99 Å². The van der Waals surface area contributed by atoms with Crippen molar-refractivity contribution < 1.29 is 9.13 Å². The summed E-state index contributed by atoms with van der Waals surface area (Å²) in [6.07, 6.45) is 0. The summed E-state index contributed by atoms with van der Waals surface area (Å²) in [5.74, 6) is 0.621. The van der Waals surface area contributed by atoms with Crippen molar-refractivity contribution in [3.05, 3.63) is 45.2 Å². The molecule has 2 rings (SSSR count). The van der Waals surface area contributed by atoms with Crippen LogP contribution in [0.3, 0.4) is 0 Å². The molecule has 0 aliphatic rings. The number of nitrogens with one attached hydrogen (secondary N) is 1. The molecule has 1 N–H and O–H groups in total. The fourth-order valence-electron chi connectivity index (χ4n) is 2.31. The fourth-order valence-corrected chi connectivity index (χ4v) is 3.18. The van der Waals surface area contributed by atoms with E-state index in [2.05, 4.69) is 22.2 Å². The van der Waals surface area contributed by atoms with Crippen LogP contribution in [0.2, 0.25) is 0 Å². The highest BCUT2D eigenvalue weighted by atomic mass is 32.1. The lowest BCUT2D eigenvalue weighted by molar-refractivity contribution is 0.385. The summed E-state index contributed by atoms with van der Waals surface area (Å²) in [5, 5.41) is 4.31. The number of aliphatic imine (C=N–C) groups is 1. The minimum absolute atomic E-state index is 0.249. The van der Waals surface area contributed by atoms with Crippen LogP contribution in [-0.4, -0.2) is 37.0 Å². The number of rotatable bonds is 5. The van der Waals surface area contributed by atoms with Crippen LogP contribution < -0.4 is 10.1 Å². The first-order valence-electron chi connectivity index (χ1n) is 7.61. The molecule has 0 saturated heterocycles. The quantitative estimate of drug-likeness (QED) is 0.665. The van der Waals surface area contributed by atoms with Crippen LogP contribution in [0, 0.1) is 19.7 Å². The lowest BCUT2D eigenvalue weighted by Gasteiger charge is -2.22. The maximum Gasteiger partial charge on any atom is 0.194 e. The van der Waals surface area contributed by atoms with Crippen molar-refractivity contribution in [2.45, 2.75) is 26.9 Å². The number of guanidine groups is 1. The predicted octanol–water partition coefficient (Wildman–Crippen LogP) is 3.12. The number of ether oxygens (including phenoxy) is 1. The number of aryl methyl sites for hydroxylation is 2. The van der Waals surface area contributed by atoms with Gasteiger partial charge in [-0.2, -0.15) is 0 Å². The van der Waals surface area contributed by atoms with Crippen LogP contribution in [0.1, 0.15) is 21.1 Å². The lowest BCUT2D eigenvalue weighted by atomic mass is 10.2. The molecule has 0 amide bonds. The second kappa shape index (κ2) is 8.10. The first-order valence-corrected chi connectivity index (χ1v) is 8.43. The summed E-state index contributed by atoms with van der Waals surface area (Å²) in [4.78, 5) is 11.9. The van der Waals surface area contributed by atoms with Gasteiger partial charge in [-0.15, -0.1) is 11.3 Å². The minimum atomic E-state index is -0.361. The molecule has 0 bridgehead atoms. The summed E-state index contributed by atoms with van der Waals surface area (Å²) in [6, 6.07) is 4.96. The average Bonchev–Trinajstić information content (AvgIpc) is 2.86. The highest BCUT2D eigenvalue weighted by molar-refractivity contribution is 7.11. The number of methoxy groups -OCH3 is 1. The van der Waals surface area contributed by atoms with Gasteiger partial charge < -0.3 is 15.0 Å². The number of hydrogen-bond donors (Lipinski definition) is 1. The minimum Gasteiger partial charge on any atom is -0.494 e. The maximum absolute atomic E-state index is 13.8. The van der Waals surface area contributed by atoms with Gasteiger partial charge in [-0.05, 0) is 31.5 Å². The molecule has 1 heterocycles. The molecular formula is C17H23FN4OS. The average molecular weight is 350 g/mol. The van der Waals surface area contributed by atoms with E-state index in [1.54, 1.807) is 24.5 Å². The summed E-state index contributed by atoms with van der Waals surface area (Å²) in [5.41, 5.74) is 1.91. The van der Waals surface area contributed by atoms with E-state index in [0.29, 0.717) is 13.1 Å². The van der Waals surface area contributed by atoms with Gasteiger partial charge in [0.25, 0.3) is 0 Å². The van der Waals surface area contributed by atoms with E-state index >= 15 is 0 Å². The number of halogens is 1. The molecule has 0 fully saturated rings. The van der Waals surface area contributed by atoms with Gasteiger partial charge in [0.05, 0.1) is 19.3 Å². The van der Waals surface area contributed by atoms with Gasteiger partial charge in [0, 0.05) is 25.5 Å². The Labute approximate surface area is 146 Å². The Hall–Kier alpha value is -2.15. The van der Waals surface area contributed by atoms with Crippen molar-refractivity contribution in [3.8, 4) is 5.75 Å². The zero-order chi connectivity index (χ0) is 17.7. The molecule has 7 heteroatoms. The van der Waals surface area contributed by atoms with Crippen LogP contribution in [0.5, 0.6) is 5.75 Å². The van der Waals surface area contributed by atoms with Gasteiger partial charge in [-0.1, -0.05) is 6.07 Å². The van der Waals surface area contributed by atoms with Crippen molar-refractivity contribution in [3.63, 3.8) is 0 Å². The van der Waals surface area contributed by atoms with Crippen molar-refractivity contribution in [1.29, 1.82) is 0 Å². The Morgan fingerprint density at radius 3 is 2.71 bits per heavy atom. The second-order valence-electron chi connectivity index (χ2n) is 5.47. The molecule has 0 atom stereocenters. The molecule has 2 aromatic rings. The van der Waals surface area contributed by atoms with Gasteiger partial charge in [0.2, 0.25) is 0 Å². The molecule has 5 nitrogen and oxygen atoms in total. The Balaban J connectivity index is 1.98. The summed E-state index contributed by atoms with van der Waals surface area (Å²) in [6.45, 7) is 5.23. The van der Waals surface area contributed by atoms with E-state index in [4.69, 9.17) is 4.74 Å². The number of nitrogens with zero attached hydrogens (tertiary/aromatic N) is 3. The molecule has 0 spiro atoms. The number of aromatic nitrogens is 1. The molecule has 0 unspecified atom stereocenters. The first-order chi connectivity index (χ1) is 11.4. The third-order valence-corrected chi connectivity index (χ3v) is 4.75. The summed E-state index contributed by atoms with van der Waals surface area (Å²) < 4.78 is 18.7. The predicted molar refractivity (Wildman–Crippen MR) is 96.2 cm³/mol. The standard InChI is InChI=1S/C17H23FN4OS/c1-11-12(2)24-16(21-11)9-20-17(19-3)22(4)10-13-6-7-15(23-5)14(18)8-13/h6-8H,9-10H2,1-5H3,(H,19,20). The van der Waals surface area contributed by atoms with Gasteiger partial charge in [0.1, 0.15) is 5.01 Å². The van der Waals surface area contributed by atoms with Crippen LogP contribution >= 0.6 is 11.3 Å². The van der Waals surface area contributed by atoms with E-state index in [1.807, 2.05) is 24.9 Å². The van der Waals surface area contributed by atoms with Crippen LogP contribution in [0.4, 0.5) is 4.39 Å². The van der Waals surface area contributed by atoms with Crippen molar-refractivity contribution in [2.75, 3.05) is 21.2 Å². The first kappa shape index (κ1) is 18.2. The second-order valence-corrected chi connectivity index (χ2v) is 6.76. The SMILES string of the molecule is CN=C(NCc1nc(C)c(C)s1)N(C)Cc1ccc(OC)c(F)c1. The zero-order valence-corrected chi connectivity index (χ0v) is 15.5. The maximum atomic E-state index is 13.8. The molecular weight excluding hydrogens is 327 g/mol. The Morgan fingerprint density at radius 2 is 2.17 bits per heavy atom. The summed E-state index contributed by atoms with van der Waals surface area (Å²) in [7, 11) is 5.10. The molecule has 0 aliphatic carbocycles. The molecule has 0 aliphatic heterocycles. The van der Waals surface area contributed by atoms with Gasteiger partial charge in [-0.25, -0.2) is 9.37 Å². The molecule has 130 valence electrons. The zero-order valence-electron chi connectivity index (χ0n) is 14.7. The van der Waals surface area contributed by atoms with E-state index < -0.39 is 0 Å². The third-order valence-electron chi connectivity index (χ3n) is 3.68. The molecule has 1 aromatic heterocycles. The summed E-state index contributed by atoms with van der Waals surface area (Å²) >= 11 is 1.68. The molecule has 0 saturated carbocycles. The number of thiazole rings is 1.